The number of hydrogen-bond acceptors (Lipinski definition) is 2. The average Bonchev–Trinajstić information content (AvgIpc) is 2.62. The minimum absolute atomic E-state index is 0.0292. The van der Waals surface area contributed by atoms with Gasteiger partial charge in [-0.25, -0.2) is 0 Å². The first-order chi connectivity index (χ1) is 7.72. The molecule has 84 valence electrons. The zero-order valence-corrected chi connectivity index (χ0v) is 9.21. The number of aromatic nitrogens is 1. The standard InChI is InChI=1S/C12H15N3O/c1-8-10(7-14-12(16)6-13)9-4-2-3-5-11(9)15-8/h2-5,15H,6-7,13H2,1H3,(H,14,16). The third-order valence-corrected chi connectivity index (χ3v) is 2.67. The molecule has 16 heavy (non-hydrogen) atoms. The van der Waals surface area contributed by atoms with Crippen molar-refractivity contribution < 1.29 is 4.79 Å². The van der Waals surface area contributed by atoms with Gasteiger partial charge < -0.3 is 16.0 Å². The lowest BCUT2D eigenvalue weighted by atomic mass is 10.1. The second-order valence-corrected chi connectivity index (χ2v) is 3.75. The van der Waals surface area contributed by atoms with Crippen molar-refractivity contribution in [3.63, 3.8) is 0 Å². The van der Waals surface area contributed by atoms with Gasteiger partial charge in [0.05, 0.1) is 6.54 Å². The highest BCUT2D eigenvalue weighted by Crippen LogP contribution is 2.21. The number of fused-ring (bicyclic) bond motifs is 1. The maximum atomic E-state index is 11.1. The molecule has 1 amide bonds. The number of hydrogen-bond donors (Lipinski definition) is 3. The molecule has 0 saturated carbocycles. The minimum atomic E-state index is -0.135. The lowest BCUT2D eigenvalue weighted by molar-refractivity contribution is -0.119. The third kappa shape index (κ3) is 1.92. The molecule has 0 unspecified atom stereocenters. The molecule has 1 aromatic heterocycles. The summed E-state index contributed by atoms with van der Waals surface area (Å²) in [6, 6.07) is 8.05. The van der Waals surface area contributed by atoms with Crippen molar-refractivity contribution in [3.05, 3.63) is 35.5 Å². The molecule has 0 aliphatic carbocycles. The molecule has 2 rings (SSSR count). The number of H-pyrrole nitrogens is 1. The highest BCUT2D eigenvalue weighted by molar-refractivity contribution is 5.85. The summed E-state index contributed by atoms with van der Waals surface area (Å²) in [5.74, 6) is -0.135. The first kappa shape index (κ1) is 10.7. The number of aromatic amines is 1. The molecule has 0 aliphatic rings. The molecular weight excluding hydrogens is 202 g/mol. The predicted octanol–water partition coefficient (Wildman–Crippen LogP) is 1.05. The van der Waals surface area contributed by atoms with E-state index in [9.17, 15) is 4.79 Å². The molecule has 0 radical (unpaired) electrons. The van der Waals surface area contributed by atoms with E-state index >= 15 is 0 Å². The van der Waals surface area contributed by atoms with Gasteiger partial charge in [0.25, 0.3) is 0 Å². The van der Waals surface area contributed by atoms with Crippen molar-refractivity contribution in [2.45, 2.75) is 13.5 Å². The van der Waals surface area contributed by atoms with Crippen LogP contribution in [-0.2, 0) is 11.3 Å². The fourth-order valence-corrected chi connectivity index (χ4v) is 1.82. The van der Waals surface area contributed by atoms with Gasteiger partial charge in [-0.1, -0.05) is 18.2 Å². The normalized spacial score (nSPS) is 10.6. The highest BCUT2D eigenvalue weighted by atomic mass is 16.1. The number of nitrogens with one attached hydrogen (secondary N) is 2. The molecule has 0 bridgehead atoms. The Labute approximate surface area is 93.8 Å². The van der Waals surface area contributed by atoms with Gasteiger partial charge in [-0.05, 0) is 18.6 Å². The second-order valence-electron chi connectivity index (χ2n) is 3.75. The lowest BCUT2D eigenvalue weighted by Crippen LogP contribution is -2.29. The van der Waals surface area contributed by atoms with Crippen molar-refractivity contribution in [2.75, 3.05) is 6.54 Å². The van der Waals surface area contributed by atoms with Crippen LogP contribution in [0, 0.1) is 6.92 Å². The van der Waals surface area contributed by atoms with Crippen molar-refractivity contribution in [1.29, 1.82) is 0 Å². The maximum Gasteiger partial charge on any atom is 0.234 e. The van der Waals surface area contributed by atoms with Gasteiger partial charge in [0.15, 0.2) is 0 Å². The summed E-state index contributed by atoms with van der Waals surface area (Å²) in [4.78, 5) is 14.4. The smallest absolute Gasteiger partial charge is 0.234 e. The van der Waals surface area contributed by atoms with E-state index in [0.29, 0.717) is 6.54 Å². The zero-order chi connectivity index (χ0) is 11.5. The number of carbonyl (C=O) groups is 1. The van der Waals surface area contributed by atoms with E-state index in [1.807, 2.05) is 31.2 Å². The van der Waals surface area contributed by atoms with Crippen LogP contribution in [-0.4, -0.2) is 17.4 Å². The molecule has 0 aliphatic heterocycles. The summed E-state index contributed by atoms with van der Waals surface area (Å²) in [5, 5.41) is 3.93. The van der Waals surface area contributed by atoms with E-state index < -0.39 is 0 Å². The Morgan fingerprint density at radius 3 is 2.94 bits per heavy atom. The fraction of sp³-hybridized carbons (Fsp3) is 0.250. The lowest BCUT2D eigenvalue weighted by Gasteiger charge is -2.03. The average molecular weight is 217 g/mol. The monoisotopic (exact) mass is 217 g/mol. The molecule has 1 heterocycles. The Balaban J connectivity index is 2.29. The Hall–Kier alpha value is -1.81. The van der Waals surface area contributed by atoms with E-state index in [2.05, 4.69) is 10.3 Å². The Morgan fingerprint density at radius 2 is 2.19 bits per heavy atom. The van der Waals surface area contributed by atoms with Crippen LogP contribution < -0.4 is 11.1 Å². The summed E-state index contributed by atoms with van der Waals surface area (Å²) in [6.07, 6.45) is 0. The van der Waals surface area contributed by atoms with Crippen molar-refractivity contribution in [3.8, 4) is 0 Å². The molecule has 1 aromatic carbocycles. The topological polar surface area (TPSA) is 70.9 Å². The van der Waals surface area contributed by atoms with Gasteiger partial charge in [0.1, 0.15) is 0 Å². The first-order valence-corrected chi connectivity index (χ1v) is 5.25. The summed E-state index contributed by atoms with van der Waals surface area (Å²) in [7, 11) is 0. The Morgan fingerprint density at radius 1 is 1.44 bits per heavy atom. The van der Waals surface area contributed by atoms with Crippen LogP contribution in [0.4, 0.5) is 0 Å². The van der Waals surface area contributed by atoms with Crippen LogP contribution in [0.25, 0.3) is 10.9 Å². The van der Waals surface area contributed by atoms with Crippen molar-refractivity contribution >= 4 is 16.8 Å². The largest absolute Gasteiger partial charge is 0.358 e. The van der Waals surface area contributed by atoms with Crippen LogP contribution >= 0.6 is 0 Å². The quantitative estimate of drug-likeness (QED) is 0.719. The van der Waals surface area contributed by atoms with Crippen LogP contribution in [0.1, 0.15) is 11.3 Å². The van der Waals surface area contributed by atoms with Crippen molar-refractivity contribution in [1.82, 2.24) is 10.3 Å². The summed E-state index contributed by atoms with van der Waals surface area (Å²) in [5.41, 5.74) is 8.54. The molecule has 4 nitrogen and oxygen atoms in total. The second kappa shape index (κ2) is 4.37. The number of nitrogens with two attached hydrogens (primary N) is 1. The third-order valence-electron chi connectivity index (χ3n) is 2.67. The maximum absolute atomic E-state index is 11.1. The van der Waals surface area contributed by atoms with E-state index in [1.165, 1.54) is 0 Å². The summed E-state index contributed by atoms with van der Waals surface area (Å²) in [6.45, 7) is 2.55. The number of rotatable bonds is 3. The fourth-order valence-electron chi connectivity index (χ4n) is 1.82. The molecule has 0 fully saturated rings. The molecule has 2 aromatic rings. The van der Waals surface area contributed by atoms with Gasteiger partial charge in [-0.2, -0.15) is 0 Å². The number of amides is 1. The van der Waals surface area contributed by atoms with E-state index in [0.717, 1.165) is 22.2 Å². The number of benzene rings is 1. The van der Waals surface area contributed by atoms with Gasteiger partial charge in [0, 0.05) is 23.1 Å². The van der Waals surface area contributed by atoms with Gasteiger partial charge >= 0.3 is 0 Å². The summed E-state index contributed by atoms with van der Waals surface area (Å²) < 4.78 is 0. The molecule has 0 saturated heterocycles. The summed E-state index contributed by atoms with van der Waals surface area (Å²) >= 11 is 0. The van der Waals surface area contributed by atoms with Gasteiger partial charge in [0.2, 0.25) is 5.91 Å². The number of para-hydroxylation sites is 1. The minimum Gasteiger partial charge on any atom is -0.358 e. The predicted molar refractivity (Wildman–Crippen MR) is 63.9 cm³/mol. The Kier molecular flexibility index (Phi) is 2.92. The van der Waals surface area contributed by atoms with Gasteiger partial charge in [-0.15, -0.1) is 0 Å². The number of carbonyl (C=O) groups excluding carboxylic acids is 1. The molecular formula is C12H15N3O. The number of aryl methyl sites for hydroxylation is 1. The first-order valence-electron chi connectivity index (χ1n) is 5.25. The van der Waals surface area contributed by atoms with E-state index in [-0.39, 0.29) is 12.5 Å². The molecule has 4 N–H and O–H groups in total. The van der Waals surface area contributed by atoms with E-state index in [1.54, 1.807) is 0 Å². The zero-order valence-electron chi connectivity index (χ0n) is 9.21. The Bertz CT molecular complexity index is 516. The molecule has 0 atom stereocenters. The molecule has 0 spiro atoms. The van der Waals surface area contributed by atoms with Crippen LogP contribution in [0.3, 0.4) is 0 Å². The molecule has 4 heteroatoms. The van der Waals surface area contributed by atoms with Crippen LogP contribution in [0.2, 0.25) is 0 Å². The van der Waals surface area contributed by atoms with Gasteiger partial charge in [-0.3, -0.25) is 4.79 Å². The van der Waals surface area contributed by atoms with Crippen LogP contribution in [0.5, 0.6) is 0 Å². The highest BCUT2D eigenvalue weighted by Gasteiger charge is 2.08. The van der Waals surface area contributed by atoms with Crippen LogP contribution in [0.15, 0.2) is 24.3 Å². The van der Waals surface area contributed by atoms with E-state index in [4.69, 9.17) is 5.73 Å². The van der Waals surface area contributed by atoms with Crippen molar-refractivity contribution in [2.24, 2.45) is 5.73 Å². The SMILES string of the molecule is Cc1[nH]c2ccccc2c1CNC(=O)CN.